The highest BCUT2D eigenvalue weighted by molar-refractivity contribution is 14.0. The second kappa shape index (κ2) is 12.3. The zero-order chi connectivity index (χ0) is 20.7. The molecule has 0 unspecified atom stereocenters. The summed E-state index contributed by atoms with van der Waals surface area (Å²) in [6.07, 6.45) is 4.34. The van der Waals surface area contributed by atoms with Crippen molar-refractivity contribution < 1.29 is 8.42 Å². The number of aromatic nitrogens is 2. The fraction of sp³-hybridized carbons (Fsp3) is 0.833. The van der Waals surface area contributed by atoms with Gasteiger partial charge < -0.3 is 15.1 Å². The SMILES string of the molecule is CCNC(=NCCS(=O)(=O)NCC1CCC1)N1CCN(c2nc(CC)ns2)CC1.I. The van der Waals surface area contributed by atoms with E-state index in [1.54, 1.807) is 0 Å². The van der Waals surface area contributed by atoms with Gasteiger partial charge in [0.05, 0.1) is 12.3 Å². The van der Waals surface area contributed by atoms with Crippen LogP contribution in [0.25, 0.3) is 0 Å². The van der Waals surface area contributed by atoms with Crippen LogP contribution in [0.5, 0.6) is 0 Å². The van der Waals surface area contributed by atoms with Crippen LogP contribution in [0.15, 0.2) is 4.99 Å². The van der Waals surface area contributed by atoms with Gasteiger partial charge in [0.2, 0.25) is 15.2 Å². The van der Waals surface area contributed by atoms with E-state index < -0.39 is 10.0 Å². The first-order valence-corrected chi connectivity index (χ1v) is 13.0. The monoisotopic (exact) mass is 571 g/mol. The predicted octanol–water partition coefficient (Wildman–Crippen LogP) is 1.53. The molecule has 1 aromatic heterocycles. The van der Waals surface area contributed by atoms with E-state index in [4.69, 9.17) is 0 Å². The second-order valence-corrected chi connectivity index (χ2v) is 10.2. The van der Waals surface area contributed by atoms with Gasteiger partial charge in [-0.15, -0.1) is 24.0 Å². The fourth-order valence-electron chi connectivity index (χ4n) is 3.34. The molecule has 1 aromatic rings. The Labute approximate surface area is 201 Å². The summed E-state index contributed by atoms with van der Waals surface area (Å²) in [6.45, 7) is 9.01. The standard InChI is InChI=1S/C18H33N7O2S2.HI/c1-3-16-22-18(28-23-16)25-11-9-24(10-12-25)17(19-4-2)20-8-13-29(26,27)21-14-15-6-5-7-15;/h15,21H,3-14H2,1-2H3,(H,19,20);1H. The molecule has 0 atom stereocenters. The van der Waals surface area contributed by atoms with Crippen molar-refractivity contribution in [1.82, 2.24) is 24.3 Å². The summed E-state index contributed by atoms with van der Waals surface area (Å²) in [6, 6.07) is 0. The van der Waals surface area contributed by atoms with Crippen molar-refractivity contribution in [2.45, 2.75) is 39.5 Å². The molecular weight excluding hydrogens is 537 g/mol. The Balaban J connectivity index is 0.00000320. The quantitative estimate of drug-likeness (QED) is 0.263. The van der Waals surface area contributed by atoms with E-state index in [2.05, 4.69) is 41.1 Å². The number of halogens is 1. The van der Waals surface area contributed by atoms with Gasteiger partial charge in [-0.3, -0.25) is 4.99 Å². The molecule has 2 fully saturated rings. The first-order valence-electron chi connectivity index (χ1n) is 10.6. The highest BCUT2D eigenvalue weighted by Gasteiger charge is 2.23. The van der Waals surface area contributed by atoms with Gasteiger partial charge in [0.15, 0.2) is 5.96 Å². The number of aryl methyl sites for hydroxylation is 1. The van der Waals surface area contributed by atoms with Crippen molar-refractivity contribution in [3.8, 4) is 0 Å². The minimum atomic E-state index is -3.26. The molecule has 1 saturated carbocycles. The number of anilines is 1. The zero-order valence-electron chi connectivity index (χ0n) is 17.8. The lowest BCUT2D eigenvalue weighted by atomic mass is 9.86. The number of hydrogen-bond donors (Lipinski definition) is 2. The lowest BCUT2D eigenvalue weighted by Crippen LogP contribution is -2.52. The summed E-state index contributed by atoms with van der Waals surface area (Å²) >= 11 is 1.46. The molecule has 12 heteroatoms. The number of nitrogens with zero attached hydrogens (tertiary/aromatic N) is 5. The molecule has 2 N–H and O–H groups in total. The third-order valence-electron chi connectivity index (χ3n) is 5.40. The predicted molar refractivity (Wildman–Crippen MR) is 134 cm³/mol. The van der Waals surface area contributed by atoms with E-state index in [0.717, 1.165) is 68.9 Å². The van der Waals surface area contributed by atoms with Crippen molar-refractivity contribution in [3.63, 3.8) is 0 Å². The van der Waals surface area contributed by atoms with Crippen LogP contribution in [0.4, 0.5) is 5.13 Å². The smallest absolute Gasteiger partial charge is 0.213 e. The van der Waals surface area contributed by atoms with Crippen LogP contribution in [0.2, 0.25) is 0 Å². The van der Waals surface area contributed by atoms with Crippen LogP contribution in [-0.4, -0.2) is 80.2 Å². The van der Waals surface area contributed by atoms with Crippen molar-refractivity contribution in [3.05, 3.63) is 5.82 Å². The van der Waals surface area contributed by atoms with E-state index >= 15 is 0 Å². The van der Waals surface area contributed by atoms with Gasteiger partial charge in [0.1, 0.15) is 5.82 Å². The Morgan fingerprint density at radius 1 is 1.23 bits per heavy atom. The second-order valence-electron chi connectivity index (χ2n) is 7.52. The lowest BCUT2D eigenvalue weighted by molar-refractivity contribution is 0.316. The molecule has 0 bridgehead atoms. The van der Waals surface area contributed by atoms with E-state index in [0.29, 0.717) is 12.5 Å². The van der Waals surface area contributed by atoms with E-state index in [-0.39, 0.29) is 36.3 Å². The normalized spacial score (nSPS) is 18.1. The van der Waals surface area contributed by atoms with Crippen LogP contribution < -0.4 is 14.9 Å². The molecule has 0 spiro atoms. The van der Waals surface area contributed by atoms with Gasteiger partial charge in [-0.2, -0.15) is 4.37 Å². The summed E-state index contributed by atoms with van der Waals surface area (Å²) in [4.78, 5) is 13.6. The first-order chi connectivity index (χ1) is 14.0. The number of piperazine rings is 1. The molecular formula is C18H34IN7O2S2. The van der Waals surface area contributed by atoms with Crippen molar-refractivity contribution in [2.24, 2.45) is 10.9 Å². The molecule has 2 heterocycles. The number of guanidine groups is 1. The Morgan fingerprint density at radius 3 is 2.53 bits per heavy atom. The van der Waals surface area contributed by atoms with E-state index in [1.807, 2.05) is 6.92 Å². The van der Waals surface area contributed by atoms with Crippen LogP contribution in [0.3, 0.4) is 0 Å². The van der Waals surface area contributed by atoms with Crippen LogP contribution in [-0.2, 0) is 16.4 Å². The number of hydrogen-bond acceptors (Lipinski definition) is 7. The fourth-order valence-corrected chi connectivity index (χ4v) is 5.10. The maximum absolute atomic E-state index is 12.2. The summed E-state index contributed by atoms with van der Waals surface area (Å²) in [5.41, 5.74) is 0. The van der Waals surface area contributed by atoms with E-state index in [9.17, 15) is 8.42 Å². The number of aliphatic imine (C=N–C) groups is 1. The zero-order valence-corrected chi connectivity index (χ0v) is 21.8. The summed E-state index contributed by atoms with van der Waals surface area (Å²) in [5, 5.41) is 4.27. The maximum Gasteiger partial charge on any atom is 0.213 e. The topological polar surface area (TPSA) is 103 Å². The Bertz CT molecular complexity index is 775. The minimum Gasteiger partial charge on any atom is -0.357 e. The van der Waals surface area contributed by atoms with Gasteiger partial charge in [0.25, 0.3) is 0 Å². The molecule has 0 aromatic carbocycles. The Hall–Kier alpha value is -0.730. The number of sulfonamides is 1. The van der Waals surface area contributed by atoms with Crippen LogP contribution in [0.1, 0.15) is 38.9 Å². The van der Waals surface area contributed by atoms with Gasteiger partial charge in [-0.05, 0) is 25.7 Å². The molecule has 3 rings (SSSR count). The lowest BCUT2D eigenvalue weighted by Gasteiger charge is -2.36. The van der Waals surface area contributed by atoms with Gasteiger partial charge in [-0.25, -0.2) is 18.1 Å². The third-order valence-corrected chi connectivity index (χ3v) is 7.54. The molecule has 172 valence electrons. The summed E-state index contributed by atoms with van der Waals surface area (Å²) in [7, 11) is -3.26. The van der Waals surface area contributed by atoms with Gasteiger partial charge in [-0.1, -0.05) is 13.3 Å². The van der Waals surface area contributed by atoms with E-state index in [1.165, 1.54) is 18.0 Å². The Morgan fingerprint density at radius 2 is 1.97 bits per heavy atom. The highest BCUT2D eigenvalue weighted by atomic mass is 127. The number of nitrogens with one attached hydrogen (secondary N) is 2. The average molecular weight is 572 g/mol. The molecule has 0 radical (unpaired) electrons. The number of rotatable bonds is 9. The van der Waals surface area contributed by atoms with Crippen molar-refractivity contribution >= 4 is 56.6 Å². The van der Waals surface area contributed by atoms with Gasteiger partial charge >= 0.3 is 0 Å². The van der Waals surface area contributed by atoms with Gasteiger partial charge in [0, 0.05) is 57.2 Å². The van der Waals surface area contributed by atoms with Crippen molar-refractivity contribution in [1.29, 1.82) is 0 Å². The van der Waals surface area contributed by atoms with Crippen molar-refractivity contribution in [2.75, 3.05) is 56.5 Å². The average Bonchev–Trinajstić information content (AvgIpc) is 3.15. The summed E-state index contributed by atoms with van der Waals surface area (Å²) in [5.74, 6) is 2.23. The molecule has 1 saturated heterocycles. The summed E-state index contributed by atoms with van der Waals surface area (Å²) < 4.78 is 31.5. The molecule has 1 aliphatic heterocycles. The molecule has 2 aliphatic rings. The Kier molecular flexibility index (Phi) is 10.5. The first kappa shape index (κ1) is 25.5. The maximum atomic E-state index is 12.2. The molecule has 0 amide bonds. The van der Waals surface area contributed by atoms with Crippen LogP contribution >= 0.6 is 35.5 Å². The van der Waals surface area contributed by atoms with Crippen LogP contribution in [0, 0.1) is 5.92 Å². The molecule has 30 heavy (non-hydrogen) atoms. The third kappa shape index (κ3) is 7.45. The minimum absolute atomic E-state index is 0. The molecule has 9 nitrogen and oxygen atoms in total. The highest BCUT2D eigenvalue weighted by Crippen LogP contribution is 2.25. The molecule has 1 aliphatic carbocycles. The largest absolute Gasteiger partial charge is 0.357 e.